The van der Waals surface area contributed by atoms with Gasteiger partial charge in [0.1, 0.15) is 11.5 Å². The number of unbranched alkanes of at least 4 members (excludes halogenated alkanes) is 3. The largest absolute Gasteiger partial charge is 0.494 e. The van der Waals surface area contributed by atoms with Crippen molar-refractivity contribution in [2.24, 2.45) is 0 Å². The minimum absolute atomic E-state index is 0.105. The summed E-state index contributed by atoms with van der Waals surface area (Å²) in [6.07, 6.45) is 0.0747. The van der Waals surface area contributed by atoms with E-state index in [9.17, 15) is 48.0 Å². The lowest BCUT2D eigenvalue weighted by atomic mass is 9.86. The fourth-order valence-corrected chi connectivity index (χ4v) is 6.09. The van der Waals surface area contributed by atoms with E-state index >= 15 is 0 Å². The molecule has 1 aliphatic rings. The van der Waals surface area contributed by atoms with Crippen molar-refractivity contribution >= 4 is 24.0 Å². The van der Waals surface area contributed by atoms with Gasteiger partial charge in [0.25, 0.3) is 0 Å². The van der Waals surface area contributed by atoms with E-state index in [-0.39, 0.29) is 94.6 Å². The van der Waals surface area contributed by atoms with Crippen LogP contribution in [0.25, 0.3) is 34.0 Å². The first-order chi connectivity index (χ1) is 27.3. The molecule has 3 aromatic carbocycles. The molecule has 0 bridgehead atoms. The summed E-state index contributed by atoms with van der Waals surface area (Å²) >= 11 is 0. The summed E-state index contributed by atoms with van der Waals surface area (Å²) < 4.78 is 59.1. The summed E-state index contributed by atoms with van der Waals surface area (Å²) in [4.78, 5) is 39.7. The number of alkyl halides is 3. The van der Waals surface area contributed by atoms with Crippen LogP contribution in [0.1, 0.15) is 64.8 Å². The molecule has 2 aromatic heterocycles. The molecule has 13 nitrogen and oxygen atoms in total. The molecule has 5 aromatic rings. The van der Waals surface area contributed by atoms with Crippen molar-refractivity contribution in [3.8, 4) is 63.0 Å². The summed E-state index contributed by atoms with van der Waals surface area (Å²) in [6.45, 7) is 0.238. The summed E-state index contributed by atoms with van der Waals surface area (Å²) in [5.74, 6) is -2.60. The maximum Gasteiger partial charge on any atom is 0.389 e. The van der Waals surface area contributed by atoms with Gasteiger partial charge in [-0.05, 0) is 98.3 Å². The second kappa shape index (κ2) is 17.3. The first-order valence-electron chi connectivity index (χ1n) is 17.9. The Morgan fingerprint density at radius 1 is 0.667 bits per heavy atom. The summed E-state index contributed by atoms with van der Waals surface area (Å²) in [6, 6.07) is 18.3. The zero-order valence-electron chi connectivity index (χ0n) is 30.2. The number of carbonyl (C=O) groups excluding carboxylic acids is 3. The van der Waals surface area contributed by atoms with Crippen LogP contribution in [-0.2, 0) is 14.3 Å². The summed E-state index contributed by atoms with van der Waals surface area (Å²) in [5, 5.41) is 41.6. The Morgan fingerprint density at radius 3 is 1.91 bits per heavy atom. The SMILES string of the molecule is O=C(C=Cc1ccc(OC(=O)c2ccc(OCCCC(F)(F)F)cc2)cc1)OCCCCCCOC(=O)c1cccc(-n2c(O)c3c(c2O)-c2c(O)[nH]c(O)c2-3)c1. The highest BCUT2D eigenvalue weighted by molar-refractivity contribution is 6.12. The molecule has 16 heteroatoms. The number of fused-ring (bicyclic) bond motifs is 4. The zero-order valence-corrected chi connectivity index (χ0v) is 30.2. The third-order valence-corrected chi connectivity index (χ3v) is 8.90. The molecule has 57 heavy (non-hydrogen) atoms. The summed E-state index contributed by atoms with van der Waals surface area (Å²) in [7, 11) is 0. The van der Waals surface area contributed by atoms with E-state index in [1.807, 2.05) is 0 Å². The number of carbonyl (C=O) groups is 3. The van der Waals surface area contributed by atoms with Gasteiger partial charge in [0, 0.05) is 12.5 Å². The van der Waals surface area contributed by atoms with Gasteiger partial charge in [-0.25, -0.2) is 14.4 Å². The van der Waals surface area contributed by atoms with Crippen LogP contribution in [0.4, 0.5) is 13.2 Å². The third-order valence-electron chi connectivity index (χ3n) is 8.90. The number of benzene rings is 3. The zero-order chi connectivity index (χ0) is 40.7. The highest BCUT2D eigenvalue weighted by Crippen LogP contribution is 2.64. The molecule has 0 radical (unpaired) electrons. The van der Waals surface area contributed by atoms with Gasteiger partial charge in [0.15, 0.2) is 11.8 Å². The molecule has 0 amide bonds. The smallest absolute Gasteiger partial charge is 0.389 e. The third kappa shape index (κ3) is 9.52. The Hall–Kier alpha value is -6.84. The first kappa shape index (κ1) is 39.8. The molecule has 0 fully saturated rings. The minimum Gasteiger partial charge on any atom is -0.494 e. The van der Waals surface area contributed by atoms with Crippen molar-refractivity contribution < 1.29 is 66.9 Å². The number of nitrogens with one attached hydrogen (secondary N) is 1. The highest BCUT2D eigenvalue weighted by atomic mass is 19.4. The van der Waals surface area contributed by atoms with E-state index in [2.05, 4.69) is 4.98 Å². The Balaban J connectivity index is 0.848. The fourth-order valence-electron chi connectivity index (χ4n) is 6.09. The number of nitrogens with zero attached hydrogens (tertiary/aromatic N) is 1. The van der Waals surface area contributed by atoms with Crippen LogP contribution in [0, 0.1) is 0 Å². The van der Waals surface area contributed by atoms with Crippen LogP contribution in [0.15, 0.2) is 78.9 Å². The van der Waals surface area contributed by atoms with Gasteiger partial charge in [-0.1, -0.05) is 18.2 Å². The second-order valence-electron chi connectivity index (χ2n) is 13.0. The molecule has 1 aliphatic carbocycles. The molecule has 6 rings (SSSR count). The minimum atomic E-state index is -4.24. The van der Waals surface area contributed by atoms with Gasteiger partial charge >= 0.3 is 24.1 Å². The van der Waals surface area contributed by atoms with E-state index in [0.29, 0.717) is 30.6 Å². The highest BCUT2D eigenvalue weighted by Gasteiger charge is 2.41. The van der Waals surface area contributed by atoms with E-state index in [4.69, 9.17) is 18.9 Å². The van der Waals surface area contributed by atoms with Crippen LogP contribution >= 0.6 is 0 Å². The molecule has 0 atom stereocenters. The van der Waals surface area contributed by atoms with Crippen molar-refractivity contribution in [3.05, 3.63) is 95.6 Å². The van der Waals surface area contributed by atoms with E-state index in [1.54, 1.807) is 42.5 Å². The van der Waals surface area contributed by atoms with Crippen LogP contribution < -0.4 is 9.47 Å². The molecule has 298 valence electrons. The number of halogens is 3. The van der Waals surface area contributed by atoms with E-state index in [1.165, 1.54) is 42.5 Å². The Bertz CT molecular complexity index is 2230. The molecular weight excluding hydrogens is 753 g/mol. The Labute approximate surface area is 323 Å². The lowest BCUT2D eigenvalue weighted by Crippen LogP contribution is -2.10. The Kier molecular flexibility index (Phi) is 12.1. The fraction of sp³-hybridized carbons (Fsp3) is 0.244. The quantitative estimate of drug-likeness (QED) is 0.0259. The van der Waals surface area contributed by atoms with Gasteiger partial charge in [-0.3, -0.25) is 9.55 Å². The van der Waals surface area contributed by atoms with E-state index < -0.39 is 30.5 Å². The van der Waals surface area contributed by atoms with E-state index in [0.717, 1.165) is 11.0 Å². The number of H-pyrrole nitrogens is 1. The summed E-state index contributed by atoms with van der Waals surface area (Å²) in [5.41, 5.74) is 2.05. The average molecular weight is 791 g/mol. The molecule has 0 saturated carbocycles. The van der Waals surface area contributed by atoms with Crippen LogP contribution in [0.2, 0.25) is 0 Å². The standard InChI is InChI=1S/C41H37F3N2O11/c42-41(43,44)19-6-22-54-28-16-12-25(13-17-28)40(53)57-29-14-9-24(10-15-29)11-18-30(47)55-20-3-1-2-4-21-56-39(52)26-7-5-8-27(23-26)46-37(50)33-31-32(34(33)38(46)51)36(49)45-35(31)48/h5,7-18,23,45,48-51H,1-4,6,19-22H2. The topological polar surface area (TPSA) is 190 Å². The number of hydrogen-bond donors (Lipinski definition) is 5. The molecule has 0 aliphatic heterocycles. The van der Waals surface area contributed by atoms with Crippen LogP contribution in [0.5, 0.6) is 35.0 Å². The van der Waals surface area contributed by atoms with Gasteiger partial charge in [-0.15, -0.1) is 0 Å². The number of hydrogen-bond acceptors (Lipinski definition) is 11. The number of aromatic hydroxyl groups is 4. The number of esters is 3. The van der Waals surface area contributed by atoms with Crippen molar-refractivity contribution in [1.82, 2.24) is 9.55 Å². The second-order valence-corrected chi connectivity index (χ2v) is 13.0. The lowest BCUT2D eigenvalue weighted by molar-refractivity contribution is -0.138. The van der Waals surface area contributed by atoms with Crippen molar-refractivity contribution in [2.45, 2.75) is 44.7 Å². The van der Waals surface area contributed by atoms with Gasteiger partial charge < -0.3 is 39.4 Å². The molecule has 2 heterocycles. The van der Waals surface area contributed by atoms with Crippen LogP contribution in [0.3, 0.4) is 0 Å². The van der Waals surface area contributed by atoms with Crippen LogP contribution in [-0.4, -0.2) is 73.9 Å². The normalized spacial score (nSPS) is 11.8. The van der Waals surface area contributed by atoms with Crippen molar-refractivity contribution in [2.75, 3.05) is 19.8 Å². The number of ether oxygens (including phenoxy) is 4. The van der Waals surface area contributed by atoms with Gasteiger partial charge in [0.05, 0.1) is 58.9 Å². The van der Waals surface area contributed by atoms with Gasteiger partial charge in [-0.2, -0.15) is 13.2 Å². The number of aromatic nitrogens is 2. The predicted octanol–water partition coefficient (Wildman–Crippen LogP) is 8.19. The number of aromatic amines is 1. The predicted molar refractivity (Wildman–Crippen MR) is 199 cm³/mol. The van der Waals surface area contributed by atoms with Gasteiger partial charge in [0.2, 0.25) is 11.8 Å². The number of rotatable bonds is 17. The molecular formula is C41H37F3N2O11. The monoisotopic (exact) mass is 790 g/mol. The molecule has 0 spiro atoms. The maximum atomic E-state index is 12.7. The molecule has 5 N–H and O–H groups in total. The average Bonchev–Trinajstić information content (AvgIpc) is 3.53. The van der Waals surface area contributed by atoms with Crippen molar-refractivity contribution in [3.63, 3.8) is 0 Å². The lowest BCUT2D eigenvalue weighted by Gasteiger charge is -2.14. The molecule has 0 saturated heterocycles. The first-order valence-corrected chi connectivity index (χ1v) is 17.9. The van der Waals surface area contributed by atoms with Crippen molar-refractivity contribution in [1.29, 1.82) is 0 Å². The Morgan fingerprint density at radius 2 is 1.28 bits per heavy atom. The molecule has 0 unspecified atom stereocenters. The maximum absolute atomic E-state index is 12.7.